The van der Waals surface area contributed by atoms with E-state index in [1.807, 2.05) is 18.2 Å². The third-order valence-corrected chi connectivity index (χ3v) is 5.80. The van der Waals surface area contributed by atoms with Gasteiger partial charge in [0.1, 0.15) is 5.82 Å². The van der Waals surface area contributed by atoms with E-state index in [1.54, 1.807) is 18.2 Å². The van der Waals surface area contributed by atoms with Gasteiger partial charge in [-0.25, -0.2) is 4.98 Å². The average Bonchev–Trinajstić information content (AvgIpc) is 3.47. The quantitative estimate of drug-likeness (QED) is 0.546. The first-order chi connectivity index (χ1) is 14.7. The van der Waals surface area contributed by atoms with Crippen LogP contribution in [0.4, 0.5) is 23.1 Å². The van der Waals surface area contributed by atoms with Crippen molar-refractivity contribution in [1.82, 2.24) is 15.3 Å². The minimum absolute atomic E-state index is 0.502. The molecule has 0 spiro atoms. The third-order valence-electron chi connectivity index (χ3n) is 5.80. The molecule has 1 saturated carbocycles. The van der Waals surface area contributed by atoms with Crippen LogP contribution in [0.1, 0.15) is 24.8 Å². The zero-order valence-corrected chi connectivity index (χ0v) is 16.8. The van der Waals surface area contributed by atoms with Crippen LogP contribution in [0.3, 0.4) is 0 Å². The number of fused-ring (bicyclic) bond motifs is 1. The van der Waals surface area contributed by atoms with E-state index in [-0.39, 0.29) is 0 Å². The molecule has 0 bridgehead atoms. The van der Waals surface area contributed by atoms with Gasteiger partial charge in [-0.15, -0.1) is 0 Å². The lowest BCUT2D eigenvalue weighted by Gasteiger charge is -2.21. The van der Waals surface area contributed by atoms with E-state index in [1.165, 1.54) is 12.8 Å². The monoisotopic (exact) mass is 399 g/mol. The Hall–Kier alpha value is -3.37. The van der Waals surface area contributed by atoms with E-state index in [2.05, 4.69) is 32.7 Å². The standard InChI is InChI=1S/C23H25N7/c24-12-16-9-17(25)11-19(10-16)27-23-28-21-4-2-1-3-20(21)22(29-23)30-8-7-18(14-30)26-13-15-5-6-15/h1-4,9-11,15,18,26H,5-8,13-14,25H2,(H,27,28,29). The molecule has 1 atom stereocenters. The number of benzene rings is 2. The second-order valence-corrected chi connectivity index (χ2v) is 8.25. The Morgan fingerprint density at radius 1 is 1.13 bits per heavy atom. The molecule has 2 fully saturated rings. The summed E-state index contributed by atoms with van der Waals surface area (Å²) in [6, 6.07) is 15.9. The first-order valence-corrected chi connectivity index (χ1v) is 10.5. The molecule has 1 aliphatic carbocycles. The summed E-state index contributed by atoms with van der Waals surface area (Å²) in [5.74, 6) is 2.34. The van der Waals surface area contributed by atoms with E-state index in [0.717, 1.165) is 48.7 Å². The van der Waals surface area contributed by atoms with Gasteiger partial charge in [-0.1, -0.05) is 12.1 Å². The first kappa shape index (κ1) is 18.6. The maximum Gasteiger partial charge on any atom is 0.229 e. The van der Waals surface area contributed by atoms with E-state index in [4.69, 9.17) is 10.7 Å². The molecule has 0 radical (unpaired) electrons. The Morgan fingerprint density at radius 3 is 2.83 bits per heavy atom. The molecule has 7 nitrogen and oxygen atoms in total. The minimum Gasteiger partial charge on any atom is -0.399 e. The van der Waals surface area contributed by atoms with Gasteiger partial charge in [0.25, 0.3) is 0 Å². The lowest BCUT2D eigenvalue weighted by molar-refractivity contribution is 0.530. The van der Waals surface area contributed by atoms with E-state index in [0.29, 0.717) is 28.9 Å². The molecule has 5 rings (SSSR count). The van der Waals surface area contributed by atoms with Crippen molar-refractivity contribution in [2.75, 3.05) is 35.6 Å². The Morgan fingerprint density at radius 2 is 2.00 bits per heavy atom. The van der Waals surface area contributed by atoms with Crippen LogP contribution in [0.15, 0.2) is 42.5 Å². The second kappa shape index (κ2) is 7.81. The van der Waals surface area contributed by atoms with Crippen LogP contribution in [0.25, 0.3) is 10.9 Å². The average molecular weight is 400 g/mol. The molecule has 1 aromatic heterocycles. The van der Waals surface area contributed by atoms with Crippen molar-refractivity contribution in [3.63, 3.8) is 0 Å². The second-order valence-electron chi connectivity index (χ2n) is 8.25. The van der Waals surface area contributed by atoms with Crippen molar-refractivity contribution in [2.24, 2.45) is 5.92 Å². The molecule has 1 saturated heterocycles. The molecule has 2 heterocycles. The fraction of sp³-hybridized carbons (Fsp3) is 0.348. The molecule has 0 amide bonds. The highest BCUT2D eigenvalue weighted by molar-refractivity contribution is 5.91. The Bertz CT molecular complexity index is 1120. The Labute approximate surface area is 175 Å². The highest BCUT2D eigenvalue weighted by Gasteiger charge is 2.28. The molecule has 1 aliphatic heterocycles. The van der Waals surface area contributed by atoms with Crippen LogP contribution in [0.5, 0.6) is 0 Å². The van der Waals surface area contributed by atoms with Crippen LogP contribution in [-0.4, -0.2) is 35.6 Å². The predicted molar refractivity (Wildman–Crippen MR) is 120 cm³/mol. The van der Waals surface area contributed by atoms with Crippen LogP contribution >= 0.6 is 0 Å². The largest absolute Gasteiger partial charge is 0.399 e. The maximum atomic E-state index is 9.21. The molecule has 30 heavy (non-hydrogen) atoms. The summed E-state index contributed by atoms with van der Waals surface area (Å²) < 4.78 is 0. The summed E-state index contributed by atoms with van der Waals surface area (Å²) >= 11 is 0. The van der Waals surface area contributed by atoms with Gasteiger partial charge >= 0.3 is 0 Å². The van der Waals surface area contributed by atoms with Crippen LogP contribution in [0.2, 0.25) is 0 Å². The summed E-state index contributed by atoms with van der Waals surface area (Å²) in [5, 5.41) is 17.2. The molecule has 7 heteroatoms. The van der Waals surface area contributed by atoms with Crippen molar-refractivity contribution >= 4 is 34.0 Å². The molecule has 152 valence electrons. The summed E-state index contributed by atoms with van der Waals surface area (Å²) in [6.07, 6.45) is 3.85. The smallest absolute Gasteiger partial charge is 0.229 e. The summed E-state index contributed by atoms with van der Waals surface area (Å²) in [6.45, 7) is 3.05. The number of anilines is 4. The number of aromatic nitrogens is 2. The zero-order chi connectivity index (χ0) is 20.5. The van der Waals surface area contributed by atoms with Gasteiger partial charge < -0.3 is 21.3 Å². The van der Waals surface area contributed by atoms with Crippen molar-refractivity contribution in [3.05, 3.63) is 48.0 Å². The predicted octanol–water partition coefficient (Wildman–Crippen LogP) is 3.41. The van der Waals surface area contributed by atoms with Gasteiger partial charge in [0.05, 0.1) is 17.1 Å². The lowest BCUT2D eigenvalue weighted by atomic mass is 10.2. The van der Waals surface area contributed by atoms with Crippen LogP contribution in [-0.2, 0) is 0 Å². The van der Waals surface area contributed by atoms with Gasteiger partial charge in [0, 0.05) is 35.9 Å². The van der Waals surface area contributed by atoms with Crippen LogP contribution in [0, 0.1) is 17.2 Å². The van der Waals surface area contributed by atoms with Crippen molar-refractivity contribution < 1.29 is 0 Å². The number of para-hydroxylation sites is 1. The maximum absolute atomic E-state index is 9.21. The van der Waals surface area contributed by atoms with Crippen molar-refractivity contribution in [1.29, 1.82) is 5.26 Å². The summed E-state index contributed by atoms with van der Waals surface area (Å²) in [4.78, 5) is 11.9. The number of nitrogens with two attached hydrogens (primary N) is 1. The number of rotatable bonds is 6. The molecule has 2 aromatic carbocycles. The first-order valence-electron chi connectivity index (χ1n) is 10.5. The molecular formula is C23H25N7. The number of hydrogen-bond donors (Lipinski definition) is 3. The van der Waals surface area contributed by atoms with Crippen molar-refractivity contribution in [2.45, 2.75) is 25.3 Å². The van der Waals surface area contributed by atoms with E-state index in [9.17, 15) is 5.26 Å². The van der Waals surface area contributed by atoms with Gasteiger partial charge in [0.2, 0.25) is 5.95 Å². The third kappa shape index (κ3) is 4.00. The number of hydrogen-bond acceptors (Lipinski definition) is 7. The highest BCUT2D eigenvalue weighted by Crippen LogP contribution is 2.31. The van der Waals surface area contributed by atoms with Gasteiger partial charge in [-0.05, 0) is 62.1 Å². The Balaban J connectivity index is 1.43. The highest BCUT2D eigenvalue weighted by atomic mass is 15.3. The van der Waals surface area contributed by atoms with E-state index < -0.39 is 0 Å². The fourth-order valence-electron chi connectivity index (χ4n) is 4.05. The summed E-state index contributed by atoms with van der Waals surface area (Å²) in [5.41, 5.74) is 8.56. The van der Waals surface area contributed by atoms with Gasteiger partial charge in [-0.2, -0.15) is 10.2 Å². The fourth-order valence-corrected chi connectivity index (χ4v) is 4.05. The summed E-state index contributed by atoms with van der Waals surface area (Å²) in [7, 11) is 0. The molecule has 3 aromatic rings. The molecule has 1 unspecified atom stereocenters. The van der Waals surface area contributed by atoms with Crippen molar-refractivity contribution in [3.8, 4) is 6.07 Å². The normalized spacial score (nSPS) is 18.5. The van der Waals surface area contributed by atoms with Gasteiger partial charge in [0.15, 0.2) is 0 Å². The SMILES string of the molecule is N#Cc1cc(N)cc(Nc2nc(N3CCC(NCC4CC4)C3)c3ccccc3n2)c1. The molecular weight excluding hydrogens is 374 g/mol. The molecule has 4 N–H and O–H groups in total. The Kier molecular flexibility index (Phi) is 4.85. The number of nitrogen functional groups attached to an aromatic ring is 1. The molecule has 2 aliphatic rings. The number of nitriles is 1. The number of nitrogens with one attached hydrogen (secondary N) is 2. The lowest BCUT2D eigenvalue weighted by Crippen LogP contribution is -2.34. The van der Waals surface area contributed by atoms with Gasteiger partial charge in [-0.3, -0.25) is 0 Å². The van der Waals surface area contributed by atoms with E-state index >= 15 is 0 Å². The zero-order valence-electron chi connectivity index (χ0n) is 16.8. The minimum atomic E-state index is 0.502. The number of nitrogens with zero attached hydrogens (tertiary/aromatic N) is 4. The topological polar surface area (TPSA) is 103 Å². The van der Waals surface area contributed by atoms with Crippen LogP contribution < -0.4 is 21.3 Å².